The Hall–Kier alpha value is -2.70. The van der Waals surface area contributed by atoms with Gasteiger partial charge in [-0.3, -0.25) is 19.3 Å². The maximum absolute atomic E-state index is 12.4. The van der Waals surface area contributed by atoms with Crippen molar-refractivity contribution in [3.8, 4) is 0 Å². The fraction of sp³-hybridized carbons (Fsp3) is 0.375. The number of aliphatic carboxylic acids is 1. The molecule has 7 heteroatoms. The number of fused-ring (bicyclic) bond motifs is 1. The minimum atomic E-state index is -1.06. The second-order valence-electron chi connectivity index (χ2n) is 5.68. The van der Waals surface area contributed by atoms with Crippen LogP contribution in [-0.2, 0) is 9.59 Å². The average Bonchev–Trinajstić information content (AvgIpc) is 2.80. The van der Waals surface area contributed by atoms with E-state index in [0.29, 0.717) is 13.0 Å². The highest BCUT2D eigenvalue weighted by Crippen LogP contribution is 2.23. The molecule has 1 saturated heterocycles. The third-order valence-corrected chi connectivity index (χ3v) is 4.28. The first-order chi connectivity index (χ1) is 11.0. The van der Waals surface area contributed by atoms with Gasteiger partial charge >= 0.3 is 5.97 Å². The van der Waals surface area contributed by atoms with E-state index in [2.05, 4.69) is 0 Å². The molecule has 1 aromatic rings. The fourth-order valence-corrected chi connectivity index (χ4v) is 3.10. The lowest BCUT2D eigenvalue weighted by molar-refractivity contribution is -0.152. The molecule has 0 aromatic heterocycles. The first kappa shape index (κ1) is 15.2. The monoisotopic (exact) mass is 316 g/mol. The number of benzene rings is 1. The summed E-state index contributed by atoms with van der Waals surface area (Å²) in [5.74, 6) is -2.59. The van der Waals surface area contributed by atoms with E-state index in [1.54, 1.807) is 24.3 Å². The van der Waals surface area contributed by atoms with Crippen molar-refractivity contribution in [3.63, 3.8) is 0 Å². The van der Waals surface area contributed by atoms with E-state index < -0.39 is 36.3 Å². The Kier molecular flexibility index (Phi) is 3.85. The maximum Gasteiger partial charge on any atom is 0.326 e. The van der Waals surface area contributed by atoms with Gasteiger partial charge in [0.05, 0.1) is 11.1 Å². The van der Waals surface area contributed by atoms with Gasteiger partial charge in [-0.15, -0.1) is 0 Å². The molecule has 1 atom stereocenters. The number of nitrogens with zero attached hydrogens (tertiary/aromatic N) is 2. The van der Waals surface area contributed by atoms with Crippen LogP contribution in [0, 0.1) is 0 Å². The van der Waals surface area contributed by atoms with Crippen LogP contribution in [0.25, 0.3) is 0 Å². The Morgan fingerprint density at radius 2 is 1.70 bits per heavy atom. The van der Waals surface area contributed by atoms with Gasteiger partial charge in [-0.25, -0.2) is 4.79 Å². The van der Waals surface area contributed by atoms with E-state index in [9.17, 15) is 24.3 Å². The number of imide groups is 1. The number of hydrogen-bond acceptors (Lipinski definition) is 4. The van der Waals surface area contributed by atoms with E-state index >= 15 is 0 Å². The molecule has 7 nitrogen and oxygen atoms in total. The smallest absolute Gasteiger partial charge is 0.326 e. The molecule has 0 bridgehead atoms. The predicted octanol–water partition coefficient (Wildman–Crippen LogP) is 0.748. The van der Waals surface area contributed by atoms with Crippen molar-refractivity contribution >= 4 is 23.7 Å². The van der Waals surface area contributed by atoms with Gasteiger partial charge in [0.2, 0.25) is 5.91 Å². The Morgan fingerprint density at radius 3 is 2.26 bits per heavy atom. The number of likely N-dealkylation sites (tertiary alicyclic amines) is 1. The van der Waals surface area contributed by atoms with Gasteiger partial charge in [0, 0.05) is 6.54 Å². The molecule has 2 aliphatic heterocycles. The zero-order valence-electron chi connectivity index (χ0n) is 12.4. The number of carbonyl (C=O) groups is 4. The van der Waals surface area contributed by atoms with Crippen LogP contribution in [0.15, 0.2) is 24.3 Å². The molecule has 3 amide bonds. The summed E-state index contributed by atoms with van der Waals surface area (Å²) in [6.45, 7) is -0.0882. The van der Waals surface area contributed by atoms with Crippen LogP contribution < -0.4 is 0 Å². The van der Waals surface area contributed by atoms with Crippen molar-refractivity contribution in [3.05, 3.63) is 35.4 Å². The molecule has 0 saturated carbocycles. The largest absolute Gasteiger partial charge is 0.480 e. The van der Waals surface area contributed by atoms with E-state index in [1.165, 1.54) is 4.90 Å². The van der Waals surface area contributed by atoms with Crippen molar-refractivity contribution in [2.45, 2.75) is 25.3 Å². The molecule has 1 N–H and O–H groups in total. The molecule has 1 unspecified atom stereocenters. The molecule has 0 spiro atoms. The summed E-state index contributed by atoms with van der Waals surface area (Å²) in [6.07, 6.45) is 1.86. The number of carboxylic acids is 1. The summed E-state index contributed by atoms with van der Waals surface area (Å²) in [7, 11) is 0. The van der Waals surface area contributed by atoms with Crippen LogP contribution in [0.2, 0.25) is 0 Å². The number of carbonyl (C=O) groups excluding carboxylic acids is 3. The van der Waals surface area contributed by atoms with E-state index in [0.717, 1.165) is 17.7 Å². The van der Waals surface area contributed by atoms with Gasteiger partial charge in [-0.2, -0.15) is 0 Å². The second kappa shape index (κ2) is 5.83. The summed E-state index contributed by atoms with van der Waals surface area (Å²) in [5, 5.41) is 9.22. The van der Waals surface area contributed by atoms with E-state index in [4.69, 9.17) is 0 Å². The topological polar surface area (TPSA) is 95.0 Å². The fourth-order valence-electron chi connectivity index (χ4n) is 3.10. The van der Waals surface area contributed by atoms with Gasteiger partial charge in [0.15, 0.2) is 0 Å². The zero-order chi connectivity index (χ0) is 16.6. The number of carboxylic acid groups (broad SMARTS) is 1. The Bertz CT molecular complexity index is 664. The van der Waals surface area contributed by atoms with Crippen molar-refractivity contribution in [2.24, 2.45) is 0 Å². The molecule has 1 aromatic carbocycles. The third kappa shape index (κ3) is 2.58. The van der Waals surface area contributed by atoms with Gasteiger partial charge in [-0.05, 0) is 31.4 Å². The minimum absolute atomic E-state index is 0.277. The van der Waals surface area contributed by atoms with E-state index in [1.807, 2.05) is 0 Å². The van der Waals surface area contributed by atoms with Crippen molar-refractivity contribution < 1.29 is 24.3 Å². The summed E-state index contributed by atoms with van der Waals surface area (Å²) >= 11 is 0. The van der Waals surface area contributed by atoms with Crippen LogP contribution in [0.4, 0.5) is 0 Å². The first-order valence-electron chi connectivity index (χ1n) is 7.48. The molecule has 120 valence electrons. The van der Waals surface area contributed by atoms with Gasteiger partial charge < -0.3 is 10.0 Å². The third-order valence-electron chi connectivity index (χ3n) is 4.28. The highest BCUT2D eigenvalue weighted by Gasteiger charge is 2.39. The second-order valence-corrected chi connectivity index (χ2v) is 5.68. The average molecular weight is 316 g/mol. The lowest BCUT2D eigenvalue weighted by Gasteiger charge is -2.33. The van der Waals surface area contributed by atoms with Crippen LogP contribution in [0.1, 0.15) is 40.0 Å². The number of amides is 3. The summed E-state index contributed by atoms with van der Waals surface area (Å²) in [6, 6.07) is 5.51. The van der Waals surface area contributed by atoms with Crippen LogP contribution in [-0.4, -0.2) is 57.7 Å². The van der Waals surface area contributed by atoms with Crippen LogP contribution in [0.5, 0.6) is 0 Å². The summed E-state index contributed by atoms with van der Waals surface area (Å²) in [5.41, 5.74) is 0.553. The van der Waals surface area contributed by atoms with Gasteiger partial charge in [0.1, 0.15) is 12.6 Å². The van der Waals surface area contributed by atoms with Crippen LogP contribution in [0.3, 0.4) is 0 Å². The summed E-state index contributed by atoms with van der Waals surface area (Å²) in [4.78, 5) is 50.4. The van der Waals surface area contributed by atoms with Crippen molar-refractivity contribution in [1.82, 2.24) is 9.80 Å². The Labute approximate surface area is 132 Å². The minimum Gasteiger partial charge on any atom is -0.480 e. The normalized spacial score (nSPS) is 20.6. The van der Waals surface area contributed by atoms with E-state index in [-0.39, 0.29) is 11.1 Å². The number of piperidine rings is 1. The standard InChI is InChI=1S/C16H16N2O5/c19-13(17-8-4-3-7-12(17)16(22)23)9-18-14(20)10-5-1-2-6-11(10)15(18)21/h1-2,5-6,12H,3-4,7-9H2,(H,22,23). The van der Waals surface area contributed by atoms with Crippen molar-refractivity contribution in [2.75, 3.05) is 13.1 Å². The lowest BCUT2D eigenvalue weighted by atomic mass is 10.0. The maximum atomic E-state index is 12.4. The Balaban J connectivity index is 1.77. The molecular formula is C16H16N2O5. The molecule has 2 heterocycles. The van der Waals surface area contributed by atoms with Gasteiger partial charge in [0.25, 0.3) is 11.8 Å². The first-order valence-corrected chi connectivity index (χ1v) is 7.48. The zero-order valence-corrected chi connectivity index (χ0v) is 12.4. The molecular weight excluding hydrogens is 300 g/mol. The predicted molar refractivity (Wildman–Crippen MR) is 78.8 cm³/mol. The molecule has 3 rings (SSSR count). The summed E-state index contributed by atoms with van der Waals surface area (Å²) < 4.78 is 0. The lowest BCUT2D eigenvalue weighted by Crippen LogP contribution is -2.51. The molecule has 2 aliphatic rings. The Morgan fingerprint density at radius 1 is 1.09 bits per heavy atom. The molecule has 1 fully saturated rings. The van der Waals surface area contributed by atoms with Crippen molar-refractivity contribution in [1.29, 1.82) is 0 Å². The highest BCUT2D eigenvalue weighted by atomic mass is 16.4. The molecule has 0 aliphatic carbocycles. The molecule has 0 radical (unpaired) electrons. The quantitative estimate of drug-likeness (QED) is 0.830. The number of rotatable bonds is 3. The van der Waals surface area contributed by atoms with Gasteiger partial charge in [-0.1, -0.05) is 12.1 Å². The number of hydrogen-bond donors (Lipinski definition) is 1. The molecule has 23 heavy (non-hydrogen) atoms. The SMILES string of the molecule is O=C(O)C1CCCCN1C(=O)CN1C(=O)c2ccccc2C1=O. The van der Waals surface area contributed by atoms with Crippen LogP contribution >= 0.6 is 0 Å². The highest BCUT2D eigenvalue weighted by molar-refractivity contribution is 6.22.